The monoisotopic (exact) mass is 488 g/mol. The van der Waals surface area contributed by atoms with Gasteiger partial charge in [-0.25, -0.2) is 0 Å². The van der Waals surface area contributed by atoms with Crippen LogP contribution in [0.5, 0.6) is 0 Å². The molecular formula is C26H22F2N6O2. The Labute approximate surface area is 205 Å². The minimum Gasteiger partial charge on any atom is -0.415 e. The molecule has 6 rings (SSSR count). The maximum absolute atomic E-state index is 12.8. The fraction of sp³-hybridized carbons (Fsp3) is 0.269. The van der Waals surface area contributed by atoms with E-state index < -0.39 is 12.3 Å². The van der Waals surface area contributed by atoms with Crippen LogP contribution in [0.2, 0.25) is 0 Å². The van der Waals surface area contributed by atoms with Crippen molar-refractivity contribution in [3.63, 3.8) is 0 Å². The number of benzene rings is 1. The van der Waals surface area contributed by atoms with Crippen LogP contribution in [-0.2, 0) is 16.8 Å². The van der Waals surface area contributed by atoms with E-state index in [4.69, 9.17) is 4.42 Å². The number of allylic oxidation sites excluding steroid dienone is 2. The lowest BCUT2D eigenvalue weighted by Gasteiger charge is -2.23. The number of hydrazone groups is 1. The predicted molar refractivity (Wildman–Crippen MR) is 129 cm³/mol. The number of anilines is 1. The normalized spacial score (nSPS) is 18.2. The third-order valence-electron chi connectivity index (χ3n) is 7.00. The minimum atomic E-state index is -2.82. The van der Waals surface area contributed by atoms with Gasteiger partial charge in [0.15, 0.2) is 0 Å². The molecule has 0 bridgehead atoms. The number of carbonyl (C=O) groups excluding carboxylic acids is 1. The first kappa shape index (κ1) is 22.3. The SMILES string of the molecule is C=C1C=NN(Cc2ccc(-c3nnc(C(F)F)o3)cn2)C=C1c1ccc2c(c1)NC(=O)C21CCCC1. The molecule has 8 nitrogen and oxygen atoms in total. The van der Waals surface area contributed by atoms with Crippen LogP contribution in [0.25, 0.3) is 17.0 Å². The summed E-state index contributed by atoms with van der Waals surface area (Å²) in [6.45, 7) is 4.51. The standard InChI is InChI=1S/C26H22F2N6O2/c1-15-11-30-34(13-18-6-4-17(12-29-18)23-32-33-24(36-23)22(27)28)14-19(15)16-5-7-20-21(10-16)31-25(35)26(20)8-2-3-9-26/h4-7,10-12,14,22H,1-3,8-9,13H2,(H,31,35). The van der Waals surface area contributed by atoms with Gasteiger partial charge in [0.05, 0.1) is 29.4 Å². The van der Waals surface area contributed by atoms with Crippen LogP contribution in [0.15, 0.2) is 64.4 Å². The molecule has 3 aliphatic rings. The van der Waals surface area contributed by atoms with Crippen LogP contribution in [0.1, 0.15) is 54.8 Å². The molecule has 10 heteroatoms. The summed E-state index contributed by atoms with van der Waals surface area (Å²) < 4.78 is 30.4. The highest BCUT2D eigenvalue weighted by atomic mass is 19.3. The second-order valence-electron chi connectivity index (χ2n) is 9.20. The number of pyridine rings is 1. The summed E-state index contributed by atoms with van der Waals surface area (Å²) in [6, 6.07) is 9.55. The van der Waals surface area contributed by atoms with E-state index in [0.29, 0.717) is 17.8 Å². The molecule has 1 aromatic carbocycles. The number of hydrogen-bond acceptors (Lipinski definition) is 7. The lowest BCUT2D eigenvalue weighted by atomic mass is 9.79. The highest BCUT2D eigenvalue weighted by Crippen LogP contribution is 2.49. The number of nitrogens with zero attached hydrogens (tertiary/aromatic N) is 5. The molecule has 1 N–H and O–H groups in total. The number of nitrogens with one attached hydrogen (secondary N) is 1. The van der Waals surface area contributed by atoms with Crippen LogP contribution in [0.3, 0.4) is 0 Å². The Balaban J connectivity index is 1.21. The van der Waals surface area contributed by atoms with E-state index in [1.165, 1.54) is 6.20 Å². The van der Waals surface area contributed by atoms with Crippen molar-refractivity contribution < 1.29 is 18.0 Å². The van der Waals surface area contributed by atoms with E-state index in [0.717, 1.165) is 53.6 Å². The van der Waals surface area contributed by atoms with Crippen LogP contribution in [-0.4, -0.2) is 32.3 Å². The van der Waals surface area contributed by atoms with Crippen molar-refractivity contribution in [3.8, 4) is 11.5 Å². The van der Waals surface area contributed by atoms with Crippen molar-refractivity contribution in [2.24, 2.45) is 5.10 Å². The summed E-state index contributed by atoms with van der Waals surface area (Å²) in [5, 5.41) is 16.2. The number of amides is 1. The molecule has 1 amide bonds. The van der Waals surface area contributed by atoms with Gasteiger partial charge in [0.25, 0.3) is 5.89 Å². The zero-order chi connectivity index (χ0) is 24.9. The van der Waals surface area contributed by atoms with Gasteiger partial charge in [-0.05, 0) is 47.7 Å². The molecule has 4 heterocycles. The molecule has 36 heavy (non-hydrogen) atoms. The lowest BCUT2D eigenvalue weighted by Crippen LogP contribution is -2.30. The Morgan fingerprint density at radius 3 is 2.67 bits per heavy atom. The fourth-order valence-corrected chi connectivity index (χ4v) is 5.15. The molecule has 2 aliphatic heterocycles. The van der Waals surface area contributed by atoms with E-state index in [9.17, 15) is 13.6 Å². The number of halogens is 2. The third-order valence-corrected chi connectivity index (χ3v) is 7.00. The molecule has 1 aliphatic carbocycles. The minimum absolute atomic E-state index is 0.0121. The van der Waals surface area contributed by atoms with Gasteiger partial charge in [0, 0.05) is 23.7 Å². The quantitative estimate of drug-likeness (QED) is 0.528. The van der Waals surface area contributed by atoms with Crippen molar-refractivity contribution in [1.29, 1.82) is 0 Å². The zero-order valence-electron chi connectivity index (χ0n) is 19.2. The number of aromatic nitrogens is 3. The Hall–Kier alpha value is -4.21. The number of rotatable bonds is 5. The van der Waals surface area contributed by atoms with Gasteiger partial charge in [-0.2, -0.15) is 13.9 Å². The average molecular weight is 488 g/mol. The van der Waals surface area contributed by atoms with Crippen molar-refractivity contribution in [2.45, 2.75) is 44.1 Å². The fourth-order valence-electron chi connectivity index (χ4n) is 5.15. The Morgan fingerprint density at radius 2 is 1.94 bits per heavy atom. The molecule has 0 unspecified atom stereocenters. The van der Waals surface area contributed by atoms with E-state index >= 15 is 0 Å². The van der Waals surface area contributed by atoms with Crippen LogP contribution < -0.4 is 5.32 Å². The number of hydrogen-bond donors (Lipinski definition) is 1. The molecule has 1 fully saturated rings. The molecule has 0 atom stereocenters. The second-order valence-corrected chi connectivity index (χ2v) is 9.20. The van der Waals surface area contributed by atoms with Crippen LogP contribution >= 0.6 is 0 Å². The van der Waals surface area contributed by atoms with Crippen LogP contribution in [0.4, 0.5) is 14.5 Å². The van der Waals surface area contributed by atoms with Gasteiger partial charge in [-0.1, -0.05) is 31.6 Å². The number of alkyl halides is 2. The van der Waals surface area contributed by atoms with Gasteiger partial charge in [0.1, 0.15) is 0 Å². The van der Waals surface area contributed by atoms with Gasteiger partial charge >= 0.3 is 6.43 Å². The number of fused-ring (bicyclic) bond motifs is 2. The van der Waals surface area contributed by atoms with Gasteiger partial charge in [0.2, 0.25) is 11.8 Å². The van der Waals surface area contributed by atoms with Gasteiger partial charge < -0.3 is 9.73 Å². The highest BCUT2D eigenvalue weighted by molar-refractivity contribution is 6.08. The summed E-state index contributed by atoms with van der Waals surface area (Å²) in [7, 11) is 0. The average Bonchev–Trinajstić information content (AvgIpc) is 3.62. The maximum atomic E-state index is 12.8. The van der Waals surface area contributed by atoms with Crippen molar-refractivity contribution in [1.82, 2.24) is 20.2 Å². The molecule has 1 saturated carbocycles. The second kappa shape index (κ2) is 8.47. The highest BCUT2D eigenvalue weighted by Gasteiger charge is 2.48. The summed E-state index contributed by atoms with van der Waals surface area (Å²) in [5.74, 6) is -0.631. The van der Waals surface area contributed by atoms with E-state index in [-0.39, 0.29) is 17.2 Å². The molecule has 0 saturated heterocycles. The Kier molecular flexibility index (Phi) is 5.24. The lowest BCUT2D eigenvalue weighted by molar-refractivity contribution is -0.120. The van der Waals surface area contributed by atoms with Crippen molar-refractivity contribution in [2.75, 3.05) is 5.32 Å². The van der Waals surface area contributed by atoms with Crippen molar-refractivity contribution in [3.05, 3.63) is 77.6 Å². The predicted octanol–water partition coefficient (Wildman–Crippen LogP) is 5.23. The third kappa shape index (κ3) is 3.69. The van der Waals surface area contributed by atoms with E-state index in [1.54, 1.807) is 23.4 Å². The van der Waals surface area contributed by atoms with Crippen LogP contribution in [0, 0.1) is 0 Å². The Bertz CT molecular complexity index is 1420. The molecule has 3 aromatic rings. The number of carbonyl (C=O) groups is 1. The first-order chi connectivity index (χ1) is 17.4. The van der Waals surface area contributed by atoms with Gasteiger partial charge in [-0.3, -0.25) is 14.8 Å². The largest absolute Gasteiger partial charge is 0.415 e. The molecule has 1 spiro atoms. The van der Waals surface area contributed by atoms with E-state index in [1.807, 2.05) is 18.3 Å². The summed E-state index contributed by atoms with van der Waals surface area (Å²) in [6.07, 6.45) is 6.20. The van der Waals surface area contributed by atoms with Gasteiger partial charge in [-0.15, -0.1) is 10.2 Å². The first-order valence-electron chi connectivity index (χ1n) is 11.7. The molecule has 182 valence electrons. The van der Waals surface area contributed by atoms with E-state index in [2.05, 4.69) is 38.2 Å². The smallest absolute Gasteiger partial charge is 0.314 e. The zero-order valence-corrected chi connectivity index (χ0v) is 19.2. The first-order valence-corrected chi connectivity index (χ1v) is 11.7. The summed E-state index contributed by atoms with van der Waals surface area (Å²) >= 11 is 0. The Morgan fingerprint density at radius 1 is 1.14 bits per heavy atom. The molecular weight excluding hydrogens is 466 g/mol. The topological polar surface area (TPSA) is 96.5 Å². The summed E-state index contributed by atoms with van der Waals surface area (Å²) in [5.41, 5.74) is 5.35. The maximum Gasteiger partial charge on any atom is 0.314 e. The van der Waals surface area contributed by atoms with Crippen molar-refractivity contribution >= 4 is 23.4 Å². The summed E-state index contributed by atoms with van der Waals surface area (Å²) in [4.78, 5) is 17.2. The molecule has 0 radical (unpaired) electrons. The molecule has 2 aromatic heterocycles.